The molecule has 0 saturated heterocycles. The summed E-state index contributed by atoms with van der Waals surface area (Å²) >= 11 is 6.23. The SMILES string of the molecule is COCCNC(=O)c1[nH]c2cc(Cl)ccc2c1C(NC(=O)CCc1ccccc1)C(=O)NC1CCCCC1. The summed E-state index contributed by atoms with van der Waals surface area (Å²) in [6, 6.07) is 13.9. The highest BCUT2D eigenvalue weighted by molar-refractivity contribution is 6.31. The highest BCUT2D eigenvalue weighted by Crippen LogP contribution is 2.31. The number of hydrogen-bond donors (Lipinski definition) is 4. The molecule has 38 heavy (non-hydrogen) atoms. The van der Waals surface area contributed by atoms with E-state index in [9.17, 15) is 14.4 Å². The van der Waals surface area contributed by atoms with Crippen molar-refractivity contribution in [1.29, 1.82) is 0 Å². The van der Waals surface area contributed by atoms with Gasteiger partial charge in [0.05, 0.1) is 6.61 Å². The molecule has 1 atom stereocenters. The van der Waals surface area contributed by atoms with Crippen molar-refractivity contribution < 1.29 is 19.1 Å². The van der Waals surface area contributed by atoms with Gasteiger partial charge in [0.1, 0.15) is 11.7 Å². The Labute approximate surface area is 227 Å². The predicted octanol–water partition coefficient (Wildman–Crippen LogP) is 4.44. The molecular weight excluding hydrogens is 504 g/mol. The van der Waals surface area contributed by atoms with Gasteiger partial charge in [-0.25, -0.2) is 0 Å². The fourth-order valence-corrected chi connectivity index (χ4v) is 5.13. The monoisotopic (exact) mass is 538 g/mol. The quantitative estimate of drug-likeness (QED) is 0.270. The Hall–Kier alpha value is -3.36. The number of aromatic nitrogens is 1. The van der Waals surface area contributed by atoms with E-state index < -0.39 is 11.9 Å². The number of methoxy groups -OCH3 is 1. The summed E-state index contributed by atoms with van der Waals surface area (Å²) in [7, 11) is 1.55. The average molecular weight is 539 g/mol. The number of aromatic amines is 1. The summed E-state index contributed by atoms with van der Waals surface area (Å²) in [4.78, 5) is 43.3. The lowest BCUT2D eigenvalue weighted by molar-refractivity contribution is -0.129. The van der Waals surface area contributed by atoms with E-state index in [1.165, 1.54) is 0 Å². The number of amides is 3. The van der Waals surface area contributed by atoms with Crippen molar-refractivity contribution in [3.63, 3.8) is 0 Å². The van der Waals surface area contributed by atoms with Gasteiger partial charge in [-0.1, -0.05) is 67.3 Å². The van der Waals surface area contributed by atoms with Crippen LogP contribution in [0.5, 0.6) is 0 Å². The van der Waals surface area contributed by atoms with E-state index in [2.05, 4.69) is 20.9 Å². The van der Waals surface area contributed by atoms with Gasteiger partial charge in [0.2, 0.25) is 11.8 Å². The molecule has 1 aromatic heterocycles. The van der Waals surface area contributed by atoms with E-state index in [1.54, 1.807) is 25.3 Å². The molecule has 0 radical (unpaired) electrons. The zero-order valence-corrected chi connectivity index (χ0v) is 22.4. The van der Waals surface area contributed by atoms with Crippen LogP contribution in [0.3, 0.4) is 0 Å². The van der Waals surface area contributed by atoms with Crippen LogP contribution in [0.25, 0.3) is 10.9 Å². The Bertz CT molecular complexity index is 1250. The fourth-order valence-electron chi connectivity index (χ4n) is 4.96. The molecule has 9 heteroatoms. The molecule has 1 unspecified atom stereocenters. The van der Waals surface area contributed by atoms with Gasteiger partial charge >= 0.3 is 0 Å². The first-order chi connectivity index (χ1) is 18.5. The third-order valence-corrected chi connectivity index (χ3v) is 7.15. The molecule has 1 aliphatic carbocycles. The Morgan fingerprint density at radius 1 is 1.08 bits per heavy atom. The molecular formula is C29H35ClN4O4. The summed E-state index contributed by atoms with van der Waals surface area (Å²) < 4.78 is 5.06. The molecule has 2 aromatic carbocycles. The molecule has 3 amide bonds. The highest BCUT2D eigenvalue weighted by atomic mass is 35.5. The summed E-state index contributed by atoms with van der Waals surface area (Å²) in [5.74, 6) is -0.989. The van der Waals surface area contributed by atoms with Crippen molar-refractivity contribution >= 4 is 40.2 Å². The number of hydrogen-bond acceptors (Lipinski definition) is 4. The molecule has 8 nitrogen and oxygen atoms in total. The summed E-state index contributed by atoms with van der Waals surface area (Å²) in [6.45, 7) is 0.641. The van der Waals surface area contributed by atoms with Crippen LogP contribution in [-0.2, 0) is 20.7 Å². The third-order valence-electron chi connectivity index (χ3n) is 6.91. The Kier molecular flexibility index (Phi) is 9.79. The molecule has 0 aliphatic heterocycles. The lowest BCUT2D eigenvalue weighted by Crippen LogP contribution is -2.45. The zero-order valence-electron chi connectivity index (χ0n) is 21.6. The minimum absolute atomic E-state index is 0.0404. The fraction of sp³-hybridized carbons (Fsp3) is 0.414. The molecule has 1 fully saturated rings. The molecule has 4 rings (SSSR count). The van der Waals surface area contributed by atoms with Crippen LogP contribution in [-0.4, -0.2) is 49.0 Å². The second-order valence-electron chi connectivity index (χ2n) is 9.68. The molecule has 4 N–H and O–H groups in total. The van der Waals surface area contributed by atoms with Crippen molar-refractivity contribution in [2.45, 2.75) is 57.0 Å². The Balaban J connectivity index is 1.66. The van der Waals surface area contributed by atoms with Crippen molar-refractivity contribution in [3.05, 3.63) is 70.4 Å². The second kappa shape index (κ2) is 13.4. The van der Waals surface area contributed by atoms with Crippen LogP contribution >= 0.6 is 11.6 Å². The Morgan fingerprint density at radius 3 is 2.58 bits per heavy atom. The number of halogens is 1. The van der Waals surface area contributed by atoms with E-state index in [0.717, 1.165) is 37.7 Å². The third kappa shape index (κ3) is 7.14. The first-order valence-electron chi connectivity index (χ1n) is 13.2. The highest BCUT2D eigenvalue weighted by Gasteiger charge is 2.32. The maximum absolute atomic E-state index is 13.7. The van der Waals surface area contributed by atoms with Crippen molar-refractivity contribution in [3.8, 4) is 0 Å². The first kappa shape index (κ1) is 27.7. The molecule has 0 spiro atoms. The minimum Gasteiger partial charge on any atom is -0.383 e. The number of aryl methyl sites for hydroxylation is 1. The number of carbonyl (C=O) groups excluding carboxylic acids is 3. The smallest absolute Gasteiger partial charge is 0.268 e. The molecule has 1 aliphatic rings. The van der Waals surface area contributed by atoms with Crippen LogP contribution < -0.4 is 16.0 Å². The number of nitrogens with one attached hydrogen (secondary N) is 4. The average Bonchev–Trinajstić information content (AvgIpc) is 3.30. The number of fused-ring (bicyclic) bond motifs is 1. The lowest BCUT2D eigenvalue weighted by atomic mass is 9.94. The number of carbonyl (C=O) groups is 3. The van der Waals surface area contributed by atoms with Crippen LogP contribution in [0.15, 0.2) is 48.5 Å². The maximum Gasteiger partial charge on any atom is 0.268 e. The van der Waals surface area contributed by atoms with Gasteiger partial charge in [-0.15, -0.1) is 0 Å². The van der Waals surface area contributed by atoms with Gasteiger partial charge in [0.15, 0.2) is 0 Å². The van der Waals surface area contributed by atoms with E-state index >= 15 is 0 Å². The van der Waals surface area contributed by atoms with Crippen LogP contribution in [0.1, 0.15) is 66.2 Å². The van der Waals surface area contributed by atoms with Crippen LogP contribution in [0, 0.1) is 0 Å². The van der Waals surface area contributed by atoms with Gasteiger partial charge in [-0.3, -0.25) is 14.4 Å². The van der Waals surface area contributed by atoms with Crippen molar-refractivity contribution in [2.24, 2.45) is 0 Å². The molecule has 1 heterocycles. The number of rotatable bonds is 11. The van der Waals surface area contributed by atoms with Gasteiger partial charge in [-0.2, -0.15) is 0 Å². The number of benzene rings is 2. The van der Waals surface area contributed by atoms with Crippen LogP contribution in [0.2, 0.25) is 5.02 Å². The molecule has 0 bridgehead atoms. The van der Waals surface area contributed by atoms with E-state index in [0.29, 0.717) is 41.1 Å². The lowest BCUT2D eigenvalue weighted by Gasteiger charge is -2.26. The topological polar surface area (TPSA) is 112 Å². The molecule has 202 valence electrons. The van der Waals surface area contributed by atoms with E-state index in [1.807, 2.05) is 30.3 Å². The Morgan fingerprint density at radius 2 is 1.84 bits per heavy atom. The van der Waals surface area contributed by atoms with E-state index in [-0.39, 0.29) is 30.0 Å². The predicted molar refractivity (Wildman–Crippen MR) is 148 cm³/mol. The van der Waals surface area contributed by atoms with Gasteiger partial charge in [0, 0.05) is 47.6 Å². The van der Waals surface area contributed by atoms with Gasteiger partial charge in [-0.05, 0) is 37.0 Å². The maximum atomic E-state index is 13.7. The standard InChI is InChI=1S/C29H35ClN4O4/c1-38-17-16-31-28(36)26-25(22-14-13-20(30)18-23(22)33-26)27(29(37)32-21-10-6-3-7-11-21)34-24(35)15-12-19-8-4-2-5-9-19/h2,4-5,8-9,13-14,18,21,27,33H,3,6-7,10-12,15-17H2,1H3,(H,31,36)(H,32,37)(H,34,35). The zero-order chi connectivity index (χ0) is 26.9. The summed E-state index contributed by atoms with van der Waals surface area (Å²) in [5, 5.41) is 10.0. The summed E-state index contributed by atoms with van der Waals surface area (Å²) in [5.41, 5.74) is 2.28. The van der Waals surface area contributed by atoms with Crippen molar-refractivity contribution in [1.82, 2.24) is 20.9 Å². The number of H-pyrrole nitrogens is 1. The van der Waals surface area contributed by atoms with Gasteiger partial charge < -0.3 is 25.7 Å². The molecule has 3 aromatic rings. The van der Waals surface area contributed by atoms with Crippen molar-refractivity contribution in [2.75, 3.05) is 20.3 Å². The normalized spacial score (nSPS) is 14.7. The second-order valence-corrected chi connectivity index (χ2v) is 10.1. The van der Waals surface area contributed by atoms with Crippen LogP contribution in [0.4, 0.5) is 0 Å². The molecule has 1 saturated carbocycles. The largest absolute Gasteiger partial charge is 0.383 e. The van der Waals surface area contributed by atoms with Gasteiger partial charge in [0.25, 0.3) is 5.91 Å². The minimum atomic E-state index is -1.06. The summed E-state index contributed by atoms with van der Waals surface area (Å²) in [6.07, 6.45) is 5.80. The number of ether oxygens (including phenoxy) is 1. The first-order valence-corrected chi connectivity index (χ1v) is 13.6. The van der Waals surface area contributed by atoms with E-state index in [4.69, 9.17) is 16.3 Å².